The Morgan fingerprint density at radius 1 is 0.368 bits per heavy atom. The summed E-state index contributed by atoms with van der Waals surface area (Å²) in [7, 11) is -9.00. The van der Waals surface area contributed by atoms with Crippen molar-refractivity contribution in [1.29, 1.82) is 0 Å². The molecule has 68 heavy (non-hydrogen) atoms. The first-order valence-electron chi connectivity index (χ1n) is 21.3. The van der Waals surface area contributed by atoms with Gasteiger partial charge >= 0.3 is 0 Å². The minimum Gasteiger partial charge on any atom is -0.497 e. The molecular weight excluding hydrogens is 933 g/mol. The van der Waals surface area contributed by atoms with Crippen molar-refractivity contribution in [2.45, 2.75) is 67.4 Å². The Labute approximate surface area is 404 Å². The van der Waals surface area contributed by atoms with Crippen LogP contribution in [0.1, 0.15) is 36.1 Å². The summed E-state index contributed by atoms with van der Waals surface area (Å²) in [5.74, 6) is 3.10. The molecule has 8 aromatic rings. The third-order valence-corrected chi connectivity index (χ3v) is 16.8. The van der Waals surface area contributed by atoms with E-state index in [2.05, 4.69) is 57.2 Å². The second-order valence-corrected chi connectivity index (χ2v) is 23.5. The first-order valence-corrected chi connectivity index (χ1v) is 27.0. The number of benzene rings is 8. The van der Waals surface area contributed by atoms with Gasteiger partial charge in [0.15, 0.2) is 9.84 Å². The van der Waals surface area contributed by atoms with Gasteiger partial charge in [-0.05, 0) is 171 Å². The lowest BCUT2D eigenvalue weighted by Gasteiger charge is -2.26. The van der Waals surface area contributed by atoms with E-state index >= 15 is 0 Å². The van der Waals surface area contributed by atoms with E-state index in [1.807, 2.05) is 43.3 Å². The zero-order chi connectivity index (χ0) is 48.7. The Morgan fingerprint density at radius 3 is 0.971 bits per heavy atom. The predicted octanol–water partition coefficient (Wildman–Crippen LogP) is 13.1. The first-order chi connectivity index (χ1) is 32.3. The standard InChI is InChI=1S/C29H28O4S.C26H22O5S3/c1-21-5-7-22(8-6-21)29(2,3)23-9-11-25(12-10-23)33-26-15-19-28(20-16-26)34(30,31)27-17-13-24(32-4)14-18-27;1-19-3-5-20(6-4-19)31-21-7-13-25(14-8-21)34(29,30)26-17-11-23(12-18-26)32-22-9-15-24(16-10-22)33(2,27)28/h5-20H,1-4H3;3-18H,1-2H3. The summed E-state index contributed by atoms with van der Waals surface area (Å²) < 4.78 is 91.9. The van der Waals surface area contributed by atoms with Gasteiger partial charge in [0, 0.05) is 21.5 Å². The molecule has 0 unspecified atom stereocenters. The average molecular weight is 983 g/mol. The number of rotatable bonds is 14. The van der Waals surface area contributed by atoms with Gasteiger partial charge in [0.1, 0.15) is 28.7 Å². The van der Waals surface area contributed by atoms with Crippen LogP contribution in [0.4, 0.5) is 0 Å². The fraction of sp³-hybridized carbons (Fsp3) is 0.127. The SMILES string of the molecule is COc1ccc(S(=O)(=O)c2ccc(Oc3ccc(C(C)(C)c4ccc(C)cc4)cc3)cc2)cc1.Cc1ccc(Oc2ccc(S(=O)(=O)c3ccc(Sc4ccc(S(C)(=O)=O)cc4)cc3)cc2)cc1. The van der Waals surface area contributed by atoms with Gasteiger partial charge in [-0.25, -0.2) is 25.3 Å². The summed E-state index contributed by atoms with van der Waals surface area (Å²) in [6.45, 7) is 8.49. The molecule has 8 aromatic carbocycles. The Balaban J connectivity index is 0.000000201. The van der Waals surface area contributed by atoms with Gasteiger partial charge in [-0.2, -0.15) is 0 Å². The highest BCUT2D eigenvalue weighted by Gasteiger charge is 2.23. The summed E-state index contributed by atoms with van der Waals surface area (Å²) in [5.41, 5.74) is 4.67. The summed E-state index contributed by atoms with van der Waals surface area (Å²) in [4.78, 5) is 2.75. The molecule has 0 bridgehead atoms. The molecule has 8 rings (SSSR count). The van der Waals surface area contributed by atoms with Crippen molar-refractivity contribution in [3.63, 3.8) is 0 Å². The van der Waals surface area contributed by atoms with E-state index in [1.165, 1.54) is 59.0 Å². The van der Waals surface area contributed by atoms with Gasteiger partial charge in [0.2, 0.25) is 19.7 Å². The molecular formula is C55H50O9S4. The van der Waals surface area contributed by atoms with Crippen molar-refractivity contribution in [3.8, 4) is 28.7 Å². The van der Waals surface area contributed by atoms with E-state index < -0.39 is 29.5 Å². The van der Waals surface area contributed by atoms with Crippen LogP contribution in [0.25, 0.3) is 0 Å². The molecule has 0 N–H and O–H groups in total. The summed E-state index contributed by atoms with van der Waals surface area (Å²) >= 11 is 1.42. The quantitative estimate of drug-likeness (QED) is 0.104. The van der Waals surface area contributed by atoms with Crippen molar-refractivity contribution in [2.24, 2.45) is 0 Å². The van der Waals surface area contributed by atoms with Gasteiger partial charge in [-0.3, -0.25) is 0 Å². The van der Waals surface area contributed by atoms with Crippen LogP contribution < -0.4 is 14.2 Å². The second-order valence-electron chi connectivity index (χ2n) is 16.5. The van der Waals surface area contributed by atoms with E-state index in [4.69, 9.17) is 14.2 Å². The van der Waals surface area contributed by atoms with Crippen molar-refractivity contribution < 1.29 is 39.5 Å². The van der Waals surface area contributed by atoms with E-state index in [1.54, 1.807) is 104 Å². The molecule has 0 aliphatic carbocycles. The largest absolute Gasteiger partial charge is 0.497 e. The molecule has 0 amide bonds. The van der Waals surface area contributed by atoms with Crippen LogP contribution in [-0.2, 0) is 34.9 Å². The van der Waals surface area contributed by atoms with Crippen LogP contribution in [0.15, 0.2) is 228 Å². The normalized spacial score (nSPS) is 11.8. The van der Waals surface area contributed by atoms with E-state index in [0.29, 0.717) is 28.7 Å². The minimum atomic E-state index is -3.68. The van der Waals surface area contributed by atoms with Crippen LogP contribution in [0.2, 0.25) is 0 Å². The fourth-order valence-electron chi connectivity index (χ4n) is 6.93. The fourth-order valence-corrected chi connectivity index (χ4v) is 10.9. The van der Waals surface area contributed by atoms with Crippen LogP contribution in [0.3, 0.4) is 0 Å². The number of ether oxygens (including phenoxy) is 3. The maximum Gasteiger partial charge on any atom is 0.206 e. The molecule has 0 atom stereocenters. The molecule has 0 fully saturated rings. The Kier molecular flexibility index (Phi) is 15.0. The zero-order valence-corrected chi connectivity index (χ0v) is 41.5. The maximum absolute atomic E-state index is 13.0. The molecule has 0 aliphatic heterocycles. The van der Waals surface area contributed by atoms with Gasteiger partial charge < -0.3 is 14.2 Å². The van der Waals surface area contributed by atoms with Crippen molar-refractivity contribution in [2.75, 3.05) is 13.4 Å². The lowest BCUT2D eigenvalue weighted by molar-refractivity contribution is 0.414. The van der Waals surface area contributed by atoms with E-state index in [0.717, 1.165) is 15.4 Å². The Hall–Kier alpha value is -6.64. The summed E-state index contributed by atoms with van der Waals surface area (Å²) in [6.07, 6.45) is 1.17. The molecule has 13 heteroatoms. The third kappa shape index (κ3) is 12.1. The smallest absolute Gasteiger partial charge is 0.206 e. The molecule has 9 nitrogen and oxygen atoms in total. The first kappa shape index (κ1) is 49.3. The molecule has 0 aromatic heterocycles. The maximum atomic E-state index is 13.0. The van der Waals surface area contributed by atoms with E-state index in [-0.39, 0.29) is 29.9 Å². The highest BCUT2D eigenvalue weighted by molar-refractivity contribution is 7.99. The number of methoxy groups -OCH3 is 1. The lowest BCUT2D eigenvalue weighted by atomic mass is 9.78. The van der Waals surface area contributed by atoms with Crippen molar-refractivity contribution in [3.05, 3.63) is 216 Å². The van der Waals surface area contributed by atoms with Gasteiger partial charge in [0.25, 0.3) is 0 Å². The van der Waals surface area contributed by atoms with Crippen LogP contribution in [0.5, 0.6) is 28.7 Å². The highest BCUT2D eigenvalue weighted by atomic mass is 32.2. The molecule has 0 saturated carbocycles. The van der Waals surface area contributed by atoms with E-state index in [9.17, 15) is 25.3 Å². The van der Waals surface area contributed by atoms with Crippen molar-refractivity contribution in [1.82, 2.24) is 0 Å². The van der Waals surface area contributed by atoms with Crippen LogP contribution >= 0.6 is 11.8 Å². The molecule has 0 aliphatic rings. The van der Waals surface area contributed by atoms with Crippen molar-refractivity contribution >= 4 is 41.3 Å². The molecule has 348 valence electrons. The minimum absolute atomic E-state index is 0.135. The number of aryl methyl sites for hydroxylation is 2. The Morgan fingerprint density at radius 2 is 0.632 bits per heavy atom. The molecule has 0 saturated heterocycles. The van der Waals surface area contributed by atoms with Crippen LogP contribution in [0, 0.1) is 13.8 Å². The zero-order valence-electron chi connectivity index (χ0n) is 38.3. The molecule has 0 heterocycles. The third-order valence-electron chi connectivity index (χ3n) is 11.1. The summed E-state index contributed by atoms with van der Waals surface area (Å²) in [5, 5.41) is 0. The monoisotopic (exact) mass is 982 g/mol. The number of hydrogen-bond acceptors (Lipinski definition) is 10. The van der Waals surface area contributed by atoms with Crippen LogP contribution in [-0.4, -0.2) is 38.6 Å². The van der Waals surface area contributed by atoms with Gasteiger partial charge in [-0.15, -0.1) is 0 Å². The van der Waals surface area contributed by atoms with Gasteiger partial charge in [-0.1, -0.05) is 85.3 Å². The molecule has 0 radical (unpaired) electrons. The number of hydrogen-bond donors (Lipinski definition) is 0. The highest BCUT2D eigenvalue weighted by Crippen LogP contribution is 2.35. The number of sulfone groups is 3. The Bertz CT molecular complexity index is 3300. The molecule has 0 spiro atoms. The lowest BCUT2D eigenvalue weighted by Crippen LogP contribution is -2.18. The second kappa shape index (κ2) is 20.7. The predicted molar refractivity (Wildman–Crippen MR) is 268 cm³/mol. The summed E-state index contributed by atoms with van der Waals surface area (Å²) in [6, 6.07) is 56.5. The topological polar surface area (TPSA) is 130 Å². The van der Waals surface area contributed by atoms with Gasteiger partial charge in [0.05, 0.1) is 31.6 Å². The average Bonchev–Trinajstić information content (AvgIpc) is 3.33.